The van der Waals surface area contributed by atoms with E-state index < -0.39 is 12.0 Å². The molecule has 1 aromatic carbocycles. The second-order valence-electron chi connectivity index (χ2n) is 6.77. The van der Waals surface area contributed by atoms with E-state index in [0.717, 1.165) is 22.9 Å². The van der Waals surface area contributed by atoms with Gasteiger partial charge >= 0.3 is 6.18 Å². The van der Waals surface area contributed by atoms with Gasteiger partial charge in [-0.15, -0.1) is 5.10 Å². The van der Waals surface area contributed by atoms with Crippen LogP contribution in [0, 0.1) is 6.92 Å². The van der Waals surface area contributed by atoms with Crippen LogP contribution in [0.1, 0.15) is 29.9 Å². The molecule has 2 aromatic heterocycles. The quantitative estimate of drug-likeness (QED) is 0.717. The van der Waals surface area contributed by atoms with E-state index in [9.17, 15) is 18.3 Å². The number of fused-ring (bicyclic) bond motifs is 1. The number of rotatable bonds is 5. The number of hydrogen-bond donors (Lipinski definition) is 1. The van der Waals surface area contributed by atoms with Gasteiger partial charge < -0.3 is 14.7 Å². The number of methoxy groups -OCH3 is 1. The van der Waals surface area contributed by atoms with Crippen molar-refractivity contribution in [2.24, 2.45) is 0 Å². The van der Waals surface area contributed by atoms with Crippen molar-refractivity contribution in [3.8, 4) is 11.5 Å². The number of phenols is 1. The Labute approximate surface area is 158 Å². The first-order valence-corrected chi connectivity index (χ1v) is 8.70. The third kappa shape index (κ3) is 3.41. The summed E-state index contributed by atoms with van der Waals surface area (Å²) < 4.78 is 45.5. The number of halogens is 3. The van der Waals surface area contributed by atoms with Crippen molar-refractivity contribution in [1.29, 1.82) is 0 Å². The molecule has 1 N–H and O–H groups in total. The lowest BCUT2D eigenvalue weighted by Gasteiger charge is -2.25. The van der Waals surface area contributed by atoms with Crippen LogP contribution in [0.15, 0.2) is 24.3 Å². The molecule has 1 aliphatic carbocycles. The number of benzene rings is 1. The number of aromatic hydroxyl groups is 1. The van der Waals surface area contributed by atoms with Crippen LogP contribution in [0.4, 0.5) is 19.0 Å². The molecule has 28 heavy (non-hydrogen) atoms. The zero-order valence-corrected chi connectivity index (χ0v) is 15.2. The van der Waals surface area contributed by atoms with E-state index in [-0.39, 0.29) is 17.6 Å². The highest BCUT2D eigenvalue weighted by atomic mass is 19.4. The van der Waals surface area contributed by atoms with Crippen LogP contribution in [0.2, 0.25) is 0 Å². The Balaban J connectivity index is 1.78. The fraction of sp³-hybridized carbons (Fsp3) is 0.389. The number of anilines is 1. The van der Waals surface area contributed by atoms with Crippen molar-refractivity contribution in [3.63, 3.8) is 0 Å². The molecular weight excluding hydrogens is 375 g/mol. The van der Waals surface area contributed by atoms with Gasteiger partial charge in [-0.2, -0.15) is 22.7 Å². The van der Waals surface area contributed by atoms with Gasteiger partial charge in [0.15, 0.2) is 11.5 Å². The summed E-state index contributed by atoms with van der Waals surface area (Å²) in [5, 5.41) is 13.4. The fourth-order valence-corrected chi connectivity index (χ4v) is 3.09. The van der Waals surface area contributed by atoms with E-state index in [2.05, 4.69) is 15.1 Å². The maximum atomic E-state index is 13.1. The highest BCUT2D eigenvalue weighted by Crippen LogP contribution is 2.35. The molecular formula is C18H18F3N5O2. The fourth-order valence-electron chi connectivity index (χ4n) is 3.09. The van der Waals surface area contributed by atoms with Gasteiger partial charge in [0, 0.05) is 24.3 Å². The Kier molecular flexibility index (Phi) is 4.28. The smallest absolute Gasteiger partial charge is 0.453 e. The lowest BCUT2D eigenvalue weighted by atomic mass is 10.2. The van der Waals surface area contributed by atoms with Gasteiger partial charge in [-0.1, -0.05) is 6.07 Å². The molecule has 0 atom stereocenters. The largest absolute Gasteiger partial charge is 0.504 e. The molecule has 1 saturated carbocycles. The molecule has 2 heterocycles. The Morgan fingerprint density at radius 3 is 2.64 bits per heavy atom. The Morgan fingerprint density at radius 1 is 1.25 bits per heavy atom. The highest BCUT2D eigenvalue weighted by Gasteiger charge is 2.38. The predicted molar refractivity (Wildman–Crippen MR) is 94.4 cm³/mol. The summed E-state index contributed by atoms with van der Waals surface area (Å²) >= 11 is 0. The Morgan fingerprint density at radius 2 is 2.00 bits per heavy atom. The molecule has 4 rings (SSSR count). The molecule has 3 aromatic rings. The van der Waals surface area contributed by atoms with E-state index in [1.165, 1.54) is 13.2 Å². The summed E-state index contributed by atoms with van der Waals surface area (Å²) in [6.07, 6.45) is -2.79. The first-order valence-electron chi connectivity index (χ1n) is 8.70. The highest BCUT2D eigenvalue weighted by molar-refractivity contribution is 5.51. The first-order chi connectivity index (χ1) is 13.3. The normalized spacial score (nSPS) is 14.5. The lowest BCUT2D eigenvalue weighted by molar-refractivity contribution is -0.144. The minimum atomic E-state index is -4.65. The van der Waals surface area contributed by atoms with Crippen molar-refractivity contribution in [2.75, 3.05) is 12.0 Å². The summed E-state index contributed by atoms with van der Waals surface area (Å²) in [7, 11) is 1.46. The average molecular weight is 393 g/mol. The van der Waals surface area contributed by atoms with Crippen LogP contribution in [0.3, 0.4) is 0 Å². The van der Waals surface area contributed by atoms with Gasteiger partial charge in [-0.25, -0.2) is 4.98 Å². The van der Waals surface area contributed by atoms with Gasteiger partial charge in [0.05, 0.1) is 7.11 Å². The van der Waals surface area contributed by atoms with Gasteiger partial charge in [-0.05, 0) is 37.5 Å². The van der Waals surface area contributed by atoms with Gasteiger partial charge in [0.25, 0.3) is 11.6 Å². The van der Waals surface area contributed by atoms with E-state index in [1.807, 2.05) is 4.90 Å². The lowest BCUT2D eigenvalue weighted by Crippen LogP contribution is -2.27. The van der Waals surface area contributed by atoms with E-state index >= 15 is 0 Å². The van der Waals surface area contributed by atoms with Crippen LogP contribution in [-0.2, 0) is 12.7 Å². The van der Waals surface area contributed by atoms with Crippen molar-refractivity contribution in [1.82, 2.24) is 19.6 Å². The number of alkyl halides is 3. The maximum Gasteiger partial charge on any atom is 0.453 e. The second-order valence-corrected chi connectivity index (χ2v) is 6.77. The number of aromatic nitrogens is 4. The number of nitrogens with zero attached hydrogens (tertiary/aromatic N) is 5. The second kappa shape index (κ2) is 6.54. The molecule has 0 saturated heterocycles. The summed E-state index contributed by atoms with van der Waals surface area (Å²) in [5.41, 5.74) is 1.40. The standard InChI is InChI=1S/C18H18F3N5O2/c1-10-7-15(26-17(22-10)23-16(24-26)18(19,20)21)25(12-4-5-12)9-11-3-6-13(27)14(8-11)28-2/h3,6-8,12,27H,4-5,9H2,1-2H3. The topological polar surface area (TPSA) is 75.8 Å². The third-order valence-electron chi connectivity index (χ3n) is 4.55. The Bertz CT molecular complexity index is 1030. The van der Waals surface area contributed by atoms with Crippen LogP contribution in [0.5, 0.6) is 11.5 Å². The maximum absolute atomic E-state index is 13.1. The van der Waals surface area contributed by atoms with E-state index in [1.54, 1.807) is 25.1 Å². The van der Waals surface area contributed by atoms with Crippen LogP contribution < -0.4 is 9.64 Å². The minimum Gasteiger partial charge on any atom is -0.504 e. The van der Waals surface area contributed by atoms with Gasteiger partial charge in [0.2, 0.25) is 0 Å². The molecule has 0 spiro atoms. The molecule has 0 amide bonds. The summed E-state index contributed by atoms with van der Waals surface area (Å²) in [6.45, 7) is 2.13. The molecule has 7 nitrogen and oxygen atoms in total. The predicted octanol–water partition coefficient (Wildman–Crippen LogP) is 3.33. The van der Waals surface area contributed by atoms with Gasteiger partial charge in [-0.3, -0.25) is 0 Å². The van der Waals surface area contributed by atoms with Crippen molar-refractivity contribution >= 4 is 11.6 Å². The first kappa shape index (κ1) is 18.3. The molecule has 1 fully saturated rings. The summed E-state index contributed by atoms with van der Waals surface area (Å²) in [4.78, 5) is 9.63. The summed E-state index contributed by atoms with van der Waals surface area (Å²) in [5.74, 6) is -0.438. The van der Waals surface area contributed by atoms with Crippen LogP contribution in [-0.4, -0.2) is 37.8 Å². The summed E-state index contributed by atoms with van der Waals surface area (Å²) in [6, 6.07) is 6.88. The number of ether oxygens (including phenoxy) is 1. The van der Waals surface area contributed by atoms with Crippen molar-refractivity contribution < 1.29 is 23.0 Å². The molecule has 148 valence electrons. The Hall–Kier alpha value is -3.04. The van der Waals surface area contributed by atoms with E-state index in [4.69, 9.17) is 4.74 Å². The van der Waals surface area contributed by atoms with Gasteiger partial charge in [0.1, 0.15) is 5.82 Å². The van der Waals surface area contributed by atoms with Crippen molar-refractivity contribution in [3.05, 3.63) is 41.3 Å². The molecule has 10 heteroatoms. The zero-order chi connectivity index (χ0) is 20.1. The zero-order valence-electron chi connectivity index (χ0n) is 15.2. The van der Waals surface area contributed by atoms with Crippen LogP contribution >= 0.6 is 0 Å². The molecule has 1 aliphatic rings. The molecule has 0 unspecified atom stereocenters. The number of aryl methyl sites for hydroxylation is 1. The molecule has 0 radical (unpaired) electrons. The number of hydrogen-bond acceptors (Lipinski definition) is 6. The van der Waals surface area contributed by atoms with Crippen LogP contribution in [0.25, 0.3) is 5.78 Å². The SMILES string of the molecule is COc1cc(CN(c2cc(C)nc3nc(C(F)(F)F)nn23)C2CC2)ccc1O. The average Bonchev–Trinajstić information content (AvgIpc) is 3.37. The minimum absolute atomic E-state index is 0.0254. The third-order valence-corrected chi connectivity index (χ3v) is 4.55. The monoisotopic (exact) mass is 393 g/mol. The molecule has 0 aliphatic heterocycles. The molecule has 0 bridgehead atoms. The number of phenolic OH excluding ortho intramolecular Hbond substituents is 1. The van der Waals surface area contributed by atoms with Crippen molar-refractivity contribution in [2.45, 2.75) is 38.5 Å². The van der Waals surface area contributed by atoms with E-state index in [0.29, 0.717) is 23.8 Å².